The first-order chi connectivity index (χ1) is 15.3. The summed E-state index contributed by atoms with van der Waals surface area (Å²) in [7, 11) is -3.11. The molecule has 31 heavy (non-hydrogen) atoms. The van der Waals surface area contributed by atoms with E-state index in [0.717, 1.165) is 49.6 Å². The van der Waals surface area contributed by atoms with E-state index < -0.39 is 7.29 Å². The van der Waals surface area contributed by atoms with E-state index in [1.807, 2.05) is 42.5 Å². The number of benzene rings is 5. The zero-order valence-corrected chi connectivity index (χ0v) is 17.6. The molecule has 0 saturated carbocycles. The molecule has 0 radical (unpaired) electrons. The lowest BCUT2D eigenvalue weighted by atomic mass is 9.97. The van der Waals surface area contributed by atoms with Gasteiger partial charge in [-0.1, -0.05) is 78.9 Å². The fraction of sp³-hybridized carbons (Fsp3) is 0. The molecule has 0 bridgehead atoms. The lowest BCUT2D eigenvalue weighted by Crippen LogP contribution is -2.37. The molecular weight excluding hydrogens is 397 g/mol. The third-order valence-electron chi connectivity index (χ3n) is 6.55. The van der Waals surface area contributed by atoms with E-state index in [-0.39, 0.29) is 0 Å². The Labute approximate surface area is 180 Å². The second-order valence-electron chi connectivity index (χ2n) is 8.16. The number of hydrogen-bond donors (Lipinski definition) is 0. The highest BCUT2D eigenvalue weighted by molar-refractivity contribution is 7.81. The standard InChI is InChI=1S/C28H18NOP/c30-31-27-15-7-4-12-22(27)21-11-3-6-14-25(21)29(31)26-18-20-10-2-1-9-19(20)17-24(26)23-13-5-8-16-28(23)31/h1-18H. The van der Waals surface area contributed by atoms with E-state index in [0.29, 0.717) is 0 Å². The largest absolute Gasteiger partial charge is 0.289 e. The quantitative estimate of drug-likeness (QED) is 0.257. The Kier molecular flexibility index (Phi) is 3.29. The van der Waals surface area contributed by atoms with Crippen molar-refractivity contribution in [2.24, 2.45) is 0 Å². The molecule has 2 aliphatic heterocycles. The van der Waals surface area contributed by atoms with Crippen LogP contribution in [0.1, 0.15) is 0 Å². The molecule has 0 fully saturated rings. The molecule has 5 aromatic carbocycles. The molecule has 0 amide bonds. The zero-order chi connectivity index (χ0) is 20.6. The first kappa shape index (κ1) is 17.1. The summed E-state index contributed by atoms with van der Waals surface area (Å²) in [6, 6.07) is 37.6. The Bertz CT molecular complexity index is 1590. The number of fused-ring (bicyclic) bond motifs is 12. The van der Waals surface area contributed by atoms with Crippen LogP contribution in [-0.2, 0) is 4.57 Å². The first-order valence-electron chi connectivity index (χ1n) is 10.5. The maximum Gasteiger partial charge on any atom is 0.235 e. The van der Waals surface area contributed by atoms with E-state index in [1.165, 1.54) is 5.39 Å². The molecule has 3 heteroatoms. The minimum atomic E-state index is -3.11. The highest BCUT2D eigenvalue weighted by Crippen LogP contribution is 2.65. The Morgan fingerprint density at radius 1 is 0.484 bits per heavy atom. The minimum Gasteiger partial charge on any atom is -0.289 e. The van der Waals surface area contributed by atoms with Gasteiger partial charge in [0.1, 0.15) is 0 Å². The summed E-state index contributed by atoms with van der Waals surface area (Å²) in [6.45, 7) is 0. The summed E-state index contributed by atoms with van der Waals surface area (Å²) < 4.78 is 17.4. The fourth-order valence-corrected chi connectivity index (χ4v) is 8.47. The van der Waals surface area contributed by atoms with Crippen LogP contribution in [0.2, 0.25) is 0 Å². The molecule has 0 saturated heterocycles. The van der Waals surface area contributed by atoms with E-state index in [2.05, 4.69) is 71.4 Å². The predicted octanol–water partition coefficient (Wildman–Crippen LogP) is 6.87. The van der Waals surface area contributed by atoms with Crippen molar-refractivity contribution in [3.05, 3.63) is 109 Å². The van der Waals surface area contributed by atoms with Gasteiger partial charge in [-0.05, 0) is 52.2 Å². The van der Waals surface area contributed by atoms with Gasteiger partial charge < -0.3 is 0 Å². The molecule has 2 aliphatic rings. The predicted molar refractivity (Wildman–Crippen MR) is 130 cm³/mol. The van der Waals surface area contributed by atoms with Gasteiger partial charge in [-0.2, -0.15) is 0 Å². The van der Waals surface area contributed by atoms with Gasteiger partial charge in [-0.25, -0.2) is 0 Å². The lowest BCUT2D eigenvalue weighted by Gasteiger charge is -2.44. The number of nitrogens with zero attached hydrogens (tertiary/aromatic N) is 1. The van der Waals surface area contributed by atoms with Crippen molar-refractivity contribution in [2.45, 2.75) is 0 Å². The molecule has 0 N–H and O–H groups in total. The molecule has 146 valence electrons. The maximum absolute atomic E-state index is 15.2. The molecular formula is C28H18NOP. The Balaban J connectivity index is 1.70. The van der Waals surface area contributed by atoms with Crippen LogP contribution in [0.15, 0.2) is 109 Å². The average Bonchev–Trinajstić information content (AvgIpc) is 2.83. The Hall–Kier alpha value is -3.61. The monoisotopic (exact) mass is 415 g/mol. The highest BCUT2D eigenvalue weighted by atomic mass is 31.2. The lowest BCUT2D eigenvalue weighted by molar-refractivity contribution is 0.586. The van der Waals surface area contributed by atoms with Crippen molar-refractivity contribution >= 4 is 40.0 Å². The second kappa shape index (κ2) is 5.97. The van der Waals surface area contributed by atoms with E-state index >= 15 is 4.57 Å². The van der Waals surface area contributed by atoms with Crippen molar-refractivity contribution in [3.8, 4) is 22.3 Å². The van der Waals surface area contributed by atoms with Crippen molar-refractivity contribution in [1.82, 2.24) is 0 Å². The van der Waals surface area contributed by atoms with Crippen LogP contribution in [-0.4, -0.2) is 0 Å². The van der Waals surface area contributed by atoms with Crippen molar-refractivity contribution < 1.29 is 4.57 Å². The average molecular weight is 415 g/mol. The van der Waals surface area contributed by atoms with Gasteiger partial charge in [0.2, 0.25) is 7.29 Å². The molecule has 1 atom stereocenters. The van der Waals surface area contributed by atoms with Crippen LogP contribution >= 0.6 is 7.29 Å². The third-order valence-corrected chi connectivity index (χ3v) is 9.63. The summed E-state index contributed by atoms with van der Waals surface area (Å²) in [5.74, 6) is 0. The normalized spacial score (nSPS) is 17.9. The maximum atomic E-state index is 15.2. The van der Waals surface area contributed by atoms with Crippen LogP contribution in [0.3, 0.4) is 0 Å². The van der Waals surface area contributed by atoms with Gasteiger partial charge >= 0.3 is 0 Å². The second-order valence-corrected chi connectivity index (χ2v) is 10.7. The Morgan fingerprint density at radius 3 is 1.71 bits per heavy atom. The zero-order valence-electron chi connectivity index (χ0n) is 16.7. The molecule has 0 aromatic heterocycles. The molecule has 1 unspecified atom stereocenters. The van der Waals surface area contributed by atoms with Gasteiger partial charge in [0.15, 0.2) is 0 Å². The van der Waals surface area contributed by atoms with Crippen molar-refractivity contribution in [2.75, 3.05) is 4.67 Å². The van der Waals surface area contributed by atoms with E-state index in [4.69, 9.17) is 0 Å². The summed E-state index contributed by atoms with van der Waals surface area (Å²) in [6.07, 6.45) is 0. The topological polar surface area (TPSA) is 20.3 Å². The molecule has 2 heterocycles. The Morgan fingerprint density at radius 2 is 1.00 bits per heavy atom. The molecule has 7 rings (SSSR count). The smallest absolute Gasteiger partial charge is 0.235 e. The van der Waals surface area contributed by atoms with Crippen LogP contribution < -0.4 is 15.3 Å². The number of para-hydroxylation sites is 1. The highest BCUT2D eigenvalue weighted by Gasteiger charge is 2.47. The van der Waals surface area contributed by atoms with Crippen molar-refractivity contribution in [3.63, 3.8) is 0 Å². The van der Waals surface area contributed by atoms with Crippen LogP contribution in [0.4, 0.5) is 11.4 Å². The third kappa shape index (κ3) is 2.10. The number of hydrogen-bond acceptors (Lipinski definition) is 1. The van der Waals surface area contributed by atoms with E-state index in [9.17, 15) is 0 Å². The molecule has 0 aliphatic carbocycles. The van der Waals surface area contributed by atoms with Gasteiger partial charge in [-0.3, -0.25) is 9.24 Å². The van der Waals surface area contributed by atoms with E-state index in [1.54, 1.807) is 0 Å². The number of anilines is 2. The molecule has 5 aromatic rings. The minimum absolute atomic E-state index is 0.916. The summed E-state index contributed by atoms with van der Waals surface area (Å²) in [5.41, 5.74) is 6.42. The number of rotatable bonds is 0. The van der Waals surface area contributed by atoms with Crippen LogP contribution in [0, 0.1) is 0 Å². The van der Waals surface area contributed by atoms with Gasteiger partial charge in [0.05, 0.1) is 11.4 Å². The fourth-order valence-electron chi connectivity index (χ4n) is 5.22. The summed E-state index contributed by atoms with van der Waals surface area (Å²) in [4.78, 5) is 0. The first-order valence-corrected chi connectivity index (χ1v) is 12.2. The molecule has 2 nitrogen and oxygen atoms in total. The van der Waals surface area contributed by atoms with Crippen LogP contribution in [0.5, 0.6) is 0 Å². The summed E-state index contributed by atoms with van der Waals surface area (Å²) >= 11 is 0. The SMILES string of the molecule is O=P12c3ccccc3-c3ccccc3N1c1cc3ccccc3cc1-c1ccccc12. The van der Waals surface area contributed by atoms with Gasteiger partial charge in [0.25, 0.3) is 0 Å². The van der Waals surface area contributed by atoms with Crippen molar-refractivity contribution in [1.29, 1.82) is 0 Å². The van der Waals surface area contributed by atoms with Crippen LogP contribution in [0.25, 0.3) is 33.0 Å². The molecule has 0 spiro atoms. The van der Waals surface area contributed by atoms with Gasteiger partial charge in [-0.15, -0.1) is 0 Å². The summed E-state index contributed by atoms with van der Waals surface area (Å²) in [5, 5.41) is 4.18. The van der Waals surface area contributed by atoms with Gasteiger partial charge in [0, 0.05) is 21.7 Å².